The van der Waals surface area contributed by atoms with Crippen molar-refractivity contribution in [2.45, 2.75) is 18.9 Å². The normalized spacial score (nSPS) is 17.5. The summed E-state index contributed by atoms with van der Waals surface area (Å²) >= 11 is 0. The summed E-state index contributed by atoms with van der Waals surface area (Å²) < 4.78 is 0. The van der Waals surface area contributed by atoms with Gasteiger partial charge >= 0.3 is 0 Å². The van der Waals surface area contributed by atoms with Crippen LogP contribution in [0.15, 0.2) is 24.4 Å². The zero-order valence-corrected chi connectivity index (χ0v) is 9.69. The second-order valence-corrected chi connectivity index (χ2v) is 4.80. The standard InChI is InChI=1S/C13H17N3O/c17-13(8-14-6-9-4-5-9)10-2-1-3-12-11(10)7-15-16-12/h1-3,7,9,13-14,17H,4-6,8H2,(H,15,16)/t13-/m0/s1. The van der Waals surface area contributed by atoms with Crippen molar-refractivity contribution in [3.63, 3.8) is 0 Å². The molecule has 1 aliphatic rings. The second kappa shape index (κ2) is 4.47. The Morgan fingerprint density at radius 3 is 3.18 bits per heavy atom. The van der Waals surface area contributed by atoms with Gasteiger partial charge in [0.15, 0.2) is 0 Å². The van der Waals surface area contributed by atoms with E-state index in [0.717, 1.165) is 28.9 Å². The van der Waals surface area contributed by atoms with Gasteiger partial charge in [-0.25, -0.2) is 0 Å². The molecule has 4 heteroatoms. The number of aliphatic hydroxyl groups excluding tert-OH is 1. The first-order valence-corrected chi connectivity index (χ1v) is 6.15. The van der Waals surface area contributed by atoms with Gasteiger partial charge in [-0.3, -0.25) is 5.10 Å². The van der Waals surface area contributed by atoms with Gasteiger partial charge in [0.1, 0.15) is 0 Å². The number of aromatic amines is 1. The second-order valence-electron chi connectivity index (χ2n) is 4.80. The van der Waals surface area contributed by atoms with E-state index in [-0.39, 0.29) is 0 Å². The summed E-state index contributed by atoms with van der Waals surface area (Å²) in [5.74, 6) is 0.840. The van der Waals surface area contributed by atoms with Crippen LogP contribution in [-0.4, -0.2) is 28.4 Å². The summed E-state index contributed by atoms with van der Waals surface area (Å²) in [6, 6.07) is 5.87. The van der Waals surface area contributed by atoms with E-state index in [4.69, 9.17) is 0 Å². The molecule has 0 amide bonds. The molecular formula is C13H17N3O. The van der Waals surface area contributed by atoms with Crippen LogP contribution in [0.2, 0.25) is 0 Å². The Hall–Kier alpha value is -1.39. The minimum Gasteiger partial charge on any atom is -0.387 e. The number of nitrogens with zero attached hydrogens (tertiary/aromatic N) is 1. The van der Waals surface area contributed by atoms with Crippen molar-refractivity contribution >= 4 is 10.9 Å². The molecule has 1 aromatic heterocycles. The largest absolute Gasteiger partial charge is 0.387 e. The number of fused-ring (bicyclic) bond motifs is 1. The molecule has 3 N–H and O–H groups in total. The third kappa shape index (κ3) is 2.33. The van der Waals surface area contributed by atoms with E-state index >= 15 is 0 Å². The Labute approximate surface area is 100 Å². The molecule has 1 heterocycles. The minimum atomic E-state index is -0.463. The maximum Gasteiger partial charge on any atom is 0.0921 e. The van der Waals surface area contributed by atoms with E-state index in [1.54, 1.807) is 6.20 Å². The Balaban J connectivity index is 1.70. The molecule has 1 saturated carbocycles. The summed E-state index contributed by atoms with van der Waals surface area (Å²) in [7, 11) is 0. The highest BCUT2D eigenvalue weighted by Gasteiger charge is 2.21. The molecule has 0 spiro atoms. The van der Waals surface area contributed by atoms with Crippen LogP contribution in [-0.2, 0) is 0 Å². The smallest absolute Gasteiger partial charge is 0.0921 e. The van der Waals surface area contributed by atoms with E-state index in [9.17, 15) is 5.11 Å². The Morgan fingerprint density at radius 1 is 1.47 bits per heavy atom. The van der Waals surface area contributed by atoms with Crippen LogP contribution < -0.4 is 5.32 Å². The average molecular weight is 231 g/mol. The number of aromatic nitrogens is 2. The van der Waals surface area contributed by atoms with Crippen LogP contribution in [0.25, 0.3) is 10.9 Å². The maximum atomic E-state index is 10.2. The number of rotatable bonds is 5. The van der Waals surface area contributed by atoms with Gasteiger partial charge in [-0.1, -0.05) is 12.1 Å². The molecule has 1 fully saturated rings. The Kier molecular flexibility index (Phi) is 2.82. The Morgan fingerprint density at radius 2 is 2.35 bits per heavy atom. The maximum absolute atomic E-state index is 10.2. The van der Waals surface area contributed by atoms with Crippen molar-refractivity contribution in [2.75, 3.05) is 13.1 Å². The van der Waals surface area contributed by atoms with Crippen LogP contribution >= 0.6 is 0 Å². The topological polar surface area (TPSA) is 60.9 Å². The molecule has 4 nitrogen and oxygen atoms in total. The van der Waals surface area contributed by atoms with Crippen LogP contribution in [0.4, 0.5) is 0 Å². The lowest BCUT2D eigenvalue weighted by Gasteiger charge is -2.12. The molecule has 1 aliphatic carbocycles. The van der Waals surface area contributed by atoms with E-state index in [0.29, 0.717) is 6.54 Å². The molecular weight excluding hydrogens is 214 g/mol. The fraction of sp³-hybridized carbons (Fsp3) is 0.462. The number of hydrogen-bond donors (Lipinski definition) is 3. The number of benzene rings is 1. The number of aliphatic hydroxyl groups is 1. The van der Waals surface area contributed by atoms with Crippen molar-refractivity contribution in [2.24, 2.45) is 5.92 Å². The van der Waals surface area contributed by atoms with Crippen LogP contribution in [0, 0.1) is 5.92 Å². The lowest BCUT2D eigenvalue weighted by atomic mass is 10.1. The van der Waals surface area contributed by atoms with Crippen LogP contribution in [0.1, 0.15) is 24.5 Å². The molecule has 0 bridgehead atoms. The van der Waals surface area contributed by atoms with Crippen molar-refractivity contribution < 1.29 is 5.11 Å². The van der Waals surface area contributed by atoms with Gasteiger partial charge in [0.25, 0.3) is 0 Å². The van der Waals surface area contributed by atoms with Crippen molar-refractivity contribution in [1.29, 1.82) is 0 Å². The van der Waals surface area contributed by atoms with Gasteiger partial charge in [0, 0.05) is 11.9 Å². The van der Waals surface area contributed by atoms with Gasteiger partial charge in [0.2, 0.25) is 0 Å². The highest BCUT2D eigenvalue weighted by Crippen LogP contribution is 2.28. The highest BCUT2D eigenvalue weighted by molar-refractivity contribution is 5.81. The predicted octanol–water partition coefficient (Wildman–Crippen LogP) is 1.60. The third-order valence-electron chi connectivity index (χ3n) is 3.35. The van der Waals surface area contributed by atoms with E-state index in [1.807, 2.05) is 18.2 Å². The Bertz CT molecular complexity index is 504. The average Bonchev–Trinajstić information content (AvgIpc) is 3.04. The molecule has 0 unspecified atom stereocenters. The van der Waals surface area contributed by atoms with Gasteiger partial charge in [-0.05, 0) is 36.9 Å². The van der Waals surface area contributed by atoms with E-state index < -0.39 is 6.10 Å². The summed E-state index contributed by atoms with van der Waals surface area (Å²) in [6.07, 6.45) is 3.98. The molecule has 3 rings (SSSR count). The van der Waals surface area contributed by atoms with Gasteiger partial charge in [-0.2, -0.15) is 5.10 Å². The van der Waals surface area contributed by atoms with Crippen molar-refractivity contribution in [3.8, 4) is 0 Å². The SMILES string of the molecule is O[C@@H](CNCC1CC1)c1cccc2[nH]ncc12. The summed E-state index contributed by atoms with van der Waals surface area (Å²) in [4.78, 5) is 0. The lowest BCUT2D eigenvalue weighted by Crippen LogP contribution is -2.23. The molecule has 1 aromatic carbocycles. The first-order chi connectivity index (χ1) is 8.34. The first-order valence-electron chi connectivity index (χ1n) is 6.15. The van der Waals surface area contributed by atoms with Gasteiger partial charge < -0.3 is 10.4 Å². The molecule has 2 aromatic rings. The van der Waals surface area contributed by atoms with Gasteiger partial charge in [-0.15, -0.1) is 0 Å². The van der Waals surface area contributed by atoms with Gasteiger partial charge in [0.05, 0.1) is 17.8 Å². The summed E-state index contributed by atoms with van der Waals surface area (Å²) in [5.41, 5.74) is 1.92. The molecule has 90 valence electrons. The zero-order chi connectivity index (χ0) is 11.7. The summed E-state index contributed by atoms with van der Waals surface area (Å²) in [5, 5.41) is 21.4. The number of hydrogen-bond acceptors (Lipinski definition) is 3. The third-order valence-corrected chi connectivity index (χ3v) is 3.35. The molecule has 17 heavy (non-hydrogen) atoms. The van der Waals surface area contributed by atoms with Crippen molar-refractivity contribution in [3.05, 3.63) is 30.0 Å². The fourth-order valence-corrected chi connectivity index (χ4v) is 2.14. The lowest BCUT2D eigenvalue weighted by molar-refractivity contribution is 0.176. The zero-order valence-electron chi connectivity index (χ0n) is 9.69. The highest BCUT2D eigenvalue weighted by atomic mass is 16.3. The molecule has 1 atom stereocenters. The van der Waals surface area contributed by atoms with Crippen molar-refractivity contribution in [1.82, 2.24) is 15.5 Å². The number of nitrogens with one attached hydrogen (secondary N) is 2. The minimum absolute atomic E-state index is 0.463. The number of H-pyrrole nitrogens is 1. The van der Waals surface area contributed by atoms with Crippen LogP contribution in [0.5, 0.6) is 0 Å². The fourth-order valence-electron chi connectivity index (χ4n) is 2.14. The predicted molar refractivity (Wildman–Crippen MR) is 66.6 cm³/mol. The molecule has 0 radical (unpaired) electrons. The molecule has 0 saturated heterocycles. The quantitative estimate of drug-likeness (QED) is 0.732. The molecule has 0 aliphatic heterocycles. The summed E-state index contributed by atoms with van der Waals surface area (Å²) in [6.45, 7) is 1.64. The first kappa shape index (κ1) is 10.7. The monoisotopic (exact) mass is 231 g/mol. The van der Waals surface area contributed by atoms with Crippen LogP contribution in [0.3, 0.4) is 0 Å². The van der Waals surface area contributed by atoms with E-state index in [1.165, 1.54) is 12.8 Å². The van der Waals surface area contributed by atoms with E-state index in [2.05, 4.69) is 15.5 Å².